The molecule has 1 atom stereocenters. The second-order valence-electron chi connectivity index (χ2n) is 6.24. The molecule has 0 saturated carbocycles. The first-order valence-electron chi connectivity index (χ1n) is 7.64. The van der Waals surface area contributed by atoms with Gasteiger partial charge in [-0.1, -0.05) is 0 Å². The van der Waals surface area contributed by atoms with Crippen molar-refractivity contribution in [3.63, 3.8) is 0 Å². The van der Waals surface area contributed by atoms with Crippen molar-refractivity contribution in [3.8, 4) is 0 Å². The molecule has 122 valence electrons. The van der Waals surface area contributed by atoms with Crippen molar-refractivity contribution in [3.05, 3.63) is 0 Å². The first-order chi connectivity index (χ1) is 9.89. The quantitative estimate of drug-likeness (QED) is 0.709. The Kier molecular flexibility index (Phi) is 7.35. The first kappa shape index (κ1) is 18.1. The minimum absolute atomic E-state index is 0.0194. The highest BCUT2D eigenvalue weighted by Crippen LogP contribution is 2.34. The molecule has 6 heteroatoms. The Hall–Kier alpha value is -0.910. The van der Waals surface area contributed by atoms with Crippen LogP contribution in [0, 0.1) is 11.3 Å². The zero-order valence-corrected chi connectivity index (χ0v) is 14.2. The van der Waals surface area contributed by atoms with Gasteiger partial charge in [0.05, 0.1) is 5.41 Å². The standard InChI is InChI=1S/C15H28N2O3S/c1-15(2,13(18)19)12-7-6-9-17(11-12)14(20)16-8-4-5-10-21-3/h12H,4-11H2,1-3H3,(H,16,20)(H,18,19). The van der Waals surface area contributed by atoms with Gasteiger partial charge in [-0.05, 0) is 57.5 Å². The van der Waals surface area contributed by atoms with Crippen LogP contribution in [0.4, 0.5) is 4.79 Å². The van der Waals surface area contributed by atoms with E-state index in [1.165, 1.54) is 0 Å². The zero-order chi connectivity index (χ0) is 15.9. The lowest BCUT2D eigenvalue weighted by atomic mass is 9.74. The van der Waals surface area contributed by atoms with Crippen molar-refractivity contribution in [2.45, 2.75) is 39.5 Å². The molecule has 1 heterocycles. The molecule has 0 aromatic rings. The van der Waals surface area contributed by atoms with E-state index in [1.807, 2.05) is 11.8 Å². The van der Waals surface area contributed by atoms with Crippen LogP contribution in [0.15, 0.2) is 0 Å². The number of carbonyl (C=O) groups is 2. The summed E-state index contributed by atoms with van der Waals surface area (Å²) in [6.07, 6.45) is 5.93. The SMILES string of the molecule is CSCCCCNC(=O)N1CCCC(C(C)(C)C(=O)O)C1. The number of hydrogen-bond acceptors (Lipinski definition) is 3. The summed E-state index contributed by atoms with van der Waals surface area (Å²) in [5.74, 6) is 0.354. The fourth-order valence-corrected chi connectivity index (χ4v) is 3.10. The van der Waals surface area contributed by atoms with Gasteiger partial charge in [0, 0.05) is 19.6 Å². The van der Waals surface area contributed by atoms with Crippen LogP contribution in [-0.2, 0) is 4.79 Å². The number of carbonyl (C=O) groups excluding carboxylic acids is 1. The monoisotopic (exact) mass is 316 g/mol. The number of rotatable bonds is 7. The number of thioether (sulfide) groups is 1. The lowest BCUT2D eigenvalue weighted by Crippen LogP contribution is -2.50. The molecule has 1 aliphatic heterocycles. The van der Waals surface area contributed by atoms with Gasteiger partial charge in [-0.15, -0.1) is 0 Å². The van der Waals surface area contributed by atoms with Crippen LogP contribution in [0.3, 0.4) is 0 Å². The molecule has 1 unspecified atom stereocenters. The predicted octanol–water partition coefficient (Wildman–Crippen LogP) is 2.66. The molecule has 1 rings (SSSR count). The summed E-state index contributed by atoms with van der Waals surface area (Å²) < 4.78 is 0. The normalized spacial score (nSPS) is 19.4. The Bertz CT molecular complexity index is 361. The maximum atomic E-state index is 12.1. The third kappa shape index (κ3) is 5.41. The molecule has 1 aliphatic rings. The summed E-state index contributed by atoms with van der Waals surface area (Å²) in [5, 5.41) is 12.3. The van der Waals surface area contributed by atoms with Crippen LogP contribution in [0.5, 0.6) is 0 Å². The highest BCUT2D eigenvalue weighted by Gasteiger charge is 2.39. The van der Waals surface area contributed by atoms with Gasteiger partial charge in [0.15, 0.2) is 0 Å². The summed E-state index contributed by atoms with van der Waals surface area (Å²) in [7, 11) is 0. The van der Waals surface area contributed by atoms with Crippen molar-refractivity contribution in [2.75, 3.05) is 31.6 Å². The van der Waals surface area contributed by atoms with Crippen LogP contribution in [-0.4, -0.2) is 53.6 Å². The van der Waals surface area contributed by atoms with Crippen molar-refractivity contribution >= 4 is 23.8 Å². The number of nitrogens with one attached hydrogen (secondary N) is 1. The van der Waals surface area contributed by atoms with Gasteiger partial charge >= 0.3 is 12.0 Å². The van der Waals surface area contributed by atoms with Gasteiger partial charge in [0.25, 0.3) is 0 Å². The van der Waals surface area contributed by atoms with E-state index in [0.717, 1.165) is 38.0 Å². The fraction of sp³-hybridized carbons (Fsp3) is 0.867. The van der Waals surface area contributed by atoms with E-state index in [4.69, 9.17) is 0 Å². The predicted molar refractivity (Wildman–Crippen MR) is 86.7 cm³/mol. The van der Waals surface area contributed by atoms with Gasteiger partial charge in [0.1, 0.15) is 0 Å². The highest BCUT2D eigenvalue weighted by atomic mass is 32.2. The Labute approximate surface area is 131 Å². The van der Waals surface area contributed by atoms with Crippen LogP contribution >= 0.6 is 11.8 Å². The molecule has 0 bridgehead atoms. The topological polar surface area (TPSA) is 69.6 Å². The summed E-state index contributed by atoms with van der Waals surface area (Å²) >= 11 is 1.82. The number of aliphatic carboxylic acids is 1. The van der Waals surface area contributed by atoms with Gasteiger partial charge in [-0.25, -0.2) is 4.79 Å². The summed E-state index contributed by atoms with van der Waals surface area (Å²) in [4.78, 5) is 25.3. The van der Waals surface area contributed by atoms with Gasteiger partial charge in [-0.2, -0.15) is 11.8 Å². The molecule has 1 saturated heterocycles. The Balaban J connectivity index is 2.41. The van der Waals surface area contributed by atoms with E-state index < -0.39 is 11.4 Å². The average Bonchev–Trinajstić information content (AvgIpc) is 2.46. The maximum absolute atomic E-state index is 12.1. The van der Waals surface area contributed by atoms with Crippen molar-refractivity contribution < 1.29 is 14.7 Å². The van der Waals surface area contributed by atoms with Crippen LogP contribution < -0.4 is 5.32 Å². The molecule has 2 N–H and O–H groups in total. The van der Waals surface area contributed by atoms with Crippen molar-refractivity contribution in [2.24, 2.45) is 11.3 Å². The van der Waals surface area contributed by atoms with E-state index in [0.29, 0.717) is 13.1 Å². The molecule has 5 nitrogen and oxygen atoms in total. The largest absolute Gasteiger partial charge is 0.481 e. The lowest BCUT2D eigenvalue weighted by molar-refractivity contribution is -0.151. The van der Waals surface area contributed by atoms with Gasteiger partial charge in [-0.3, -0.25) is 4.79 Å². The average molecular weight is 316 g/mol. The smallest absolute Gasteiger partial charge is 0.317 e. The molecule has 0 spiro atoms. The zero-order valence-electron chi connectivity index (χ0n) is 13.4. The number of piperidine rings is 1. The third-order valence-corrected chi connectivity index (χ3v) is 5.03. The Morgan fingerprint density at radius 2 is 2.10 bits per heavy atom. The highest BCUT2D eigenvalue weighted by molar-refractivity contribution is 7.98. The van der Waals surface area contributed by atoms with E-state index in [2.05, 4.69) is 11.6 Å². The maximum Gasteiger partial charge on any atom is 0.317 e. The third-order valence-electron chi connectivity index (χ3n) is 4.33. The number of hydrogen-bond donors (Lipinski definition) is 2. The van der Waals surface area contributed by atoms with Crippen LogP contribution in [0.1, 0.15) is 39.5 Å². The lowest BCUT2D eigenvalue weighted by Gasteiger charge is -2.39. The Morgan fingerprint density at radius 3 is 2.71 bits per heavy atom. The molecule has 0 aliphatic carbocycles. The second kappa shape index (κ2) is 8.51. The number of nitrogens with zero attached hydrogens (tertiary/aromatic N) is 1. The molecular weight excluding hydrogens is 288 g/mol. The second-order valence-corrected chi connectivity index (χ2v) is 7.23. The molecule has 21 heavy (non-hydrogen) atoms. The minimum atomic E-state index is -0.785. The van der Waals surface area contributed by atoms with E-state index in [-0.39, 0.29) is 11.9 Å². The van der Waals surface area contributed by atoms with E-state index >= 15 is 0 Å². The number of unbranched alkanes of at least 4 members (excludes halogenated alkanes) is 1. The molecule has 0 radical (unpaired) electrons. The molecular formula is C15H28N2O3S. The molecule has 1 fully saturated rings. The van der Waals surface area contributed by atoms with Crippen molar-refractivity contribution in [1.29, 1.82) is 0 Å². The number of likely N-dealkylation sites (tertiary alicyclic amines) is 1. The number of urea groups is 1. The molecule has 0 aromatic heterocycles. The van der Waals surface area contributed by atoms with Gasteiger partial charge in [0.2, 0.25) is 0 Å². The van der Waals surface area contributed by atoms with Crippen LogP contribution in [0.2, 0.25) is 0 Å². The number of amides is 2. The molecule has 2 amide bonds. The summed E-state index contributed by atoms with van der Waals surface area (Å²) in [6.45, 7) is 5.47. The number of carboxylic acid groups (broad SMARTS) is 1. The van der Waals surface area contributed by atoms with Crippen molar-refractivity contribution in [1.82, 2.24) is 10.2 Å². The number of carboxylic acids is 1. The van der Waals surface area contributed by atoms with E-state index in [1.54, 1.807) is 18.7 Å². The first-order valence-corrected chi connectivity index (χ1v) is 9.04. The Morgan fingerprint density at radius 1 is 1.38 bits per heavy atom. The summed E-state index contributed by atoms with van der Waals surface area (Å²) in [6, 6.07) is -0.0509. The van der Waals surface area contributed by atoms with Crippen LogP contribution in [0.25, 0.3) is 0 Å². The summed E-state index contributed by atoms with van der Waals surface area (Å²) in [5.41, 5.74) is -0.780. The van der Waals surface area contributed by atoms with Gasteiger partial charge < -0.3 is 15.3 Å². The minimum Gasteiger partial charge on any atom is -0.481 e. The fourth-order valence-electron chi connectivity index (χ4n) is 2.60. The van der Waals surface area contributed by atoms with E-state index in [9.17, 15) is 14.7 Å². The molecule has 0 aromatic carbocycles.